The van der Waals surface area contributed by atoms with Crippen LogP contribution < -0.4 is 5.32 Å². The summed E-state index contributed by atoms with van der Waals surface area (Å²) in [5.41, 5.74) is 0. The zero-order valence-corrected chi connectivity index (χ0v) is 12.7. The van der Waals surface area contributed by atoms with Crippen LogP contribution in [0.4, 0.5) is 0 Å². The molecule has 3 unspecified atom stereocenters. The van der Waals surface area contributed by atoms with E-state index in [1.54, 1.807) is 6.92 Å². The Morgan fingerprint density at radius 2 is 1.86 bits per heavy atom. The zero-order valence-electron chi connectivity index (χ0n) is 12.7. The fraction of sp³-hybridized carbons (Fsp3) is 0.857. The van der Waals surface area contributed by atoms with Crippen molar-refractivity contribution < 1.29 is 24.9 Å². The van der Waals surface area contributed by atoms with Gasteiger partial charge in [-0.1, -0.05) is 0 Å². The molecular weight excluding hydrogens is 276 g/mol. The number of hydrogen-bond acceptors (Lipinski definition) is 6. The van der Waals surface area contributed by atoms with Crippen LogP contribution in [0.15, 0.2) is 0 Å². The fourth-order valence-electron chi connectivity index (χ4n) is 2.74. The average Bonchev–Trinajstić information content (AvgIpc) is 2.40. The number of aliphatic hydroxyl groups excluding tert-OH is 3. The number of likely N-dealkylation sites (tertiary alicyclic amines) is 1. The van der Waals surface area contributed by atoms with Gasteiger partial charge < -0.3 is 25.4 Å². The van der Waals surface area contributed by atoms with Crippen LogP contribution in [0.3, 0.4) is 0 Å². The van der Waals surface area contributed by atoms with Crippen LogP contribution in [0, 0.1) is 0 Å². The molecule has 1 aliphatic heterocycles. The Hall–Kier alpha value is -1.02. The largest absolute Gasteiger partial charge is 0.395 e. The summed E-state index contributed by atoms with van der Waals surface area (Å²) in [6.45, 7) is 3.60. The summed E-state index contributed by atoms with van der Waals surface area (Å²) in [5.74, 6) is -0.135. The lowest BCUT2D eigenvalue weighted by atomic mass is 9.92. The normalized spacial score (nSPS) is 30.1. The van der Waals surface area contributed by atoms with Crippen molar-refractivity contribution in [1.29, 1.82) is 0 Å². The Kier molecular flexibility index (Phi) is 7.24. The van der Waals surface area contributed by atoms with E-state index in [0.29, 0.717) is 19.5 Å². The topological polar surface area (TPSA) is 110 Å². The molecule has 0 spiro atoms. The minimum absolute atomic E-state index is 0.138. The molecule has 1 fully saturated rings. The third-order valence-electron chi connectivity index (χ3n) is 3.86. The molecular formula is C14H26N2O5. The molecule has 1 heterocycles. The number of piperidine rings is 1. The summed E-state index contributed by atoms with van der Waals surface area (Å²) in [5, 5.41) is 32.1. The SMILES string of the molecule is CC(=O)CCCCN1CC(NC(C)=O)C(O)[C@@H](O)C1CO. The third-order valence-corrected chi connectivity index (χ3v) is 3.86. The molecule has 4 N–H and O–H groups in total. The maximum Gasteiger partial charge on any atom is 0.217 e. The van der Waals surface area contributed by atoms with Crippen molar-refractivity contribution in [3.63, 3.8) is 0 Å². The van der Waals surface area contributed by atoms with E-state index < -0.39 is 24.3 Å². The lowest BCUT2D eigenvalue weighted by molar-refractivity contribution is -0.129. The summed E-state index contributed by atoms with van der Waals surface area (Å²) in [4.78, 5) is 23.9. The van der Waals surface area contributed by atoms with Crippen molar-refractivity contribution in [1.82, 2.24) is 10.2 Å². The molecule has 122 valence electrons. The molecule has 1 aliphatic rings. The number of ketones is 1. The quantitative estimate of drug-likeness (QED) is 0.433. The maximum absolute atomic E-state index is 11.1. The van der Waals surface area contributed by atoms with Gasteiger partial charge in [-0.25, -0.2) is 0 Å². The third kappa shape index (κ3) is 5.35. The Labute approximate surface area is 124 Å². The molecule has 0 saturated carbocycles. The second-order valence-corrected chi connectivity index (χ2v) is 5.69. The Morgan fingerprint density at radius 1 is 1.19 bits per heavy atom. The van der Waals surface area contributed by atoms with Crippen molar-refractivity contribution in [3.05, 3.63) is 0 Å². The first kappa shape index (κ1) is 18.0. The first-order valence-electron chi connectivity index (χ1n) is 7.34. The molecule has 21 heavy (non-hydrogen) atoms. The van der Waals surface area contributed by atoms with E-state index in [1.165, 1.54) is 6.92 Å². The van der Waals surface area contributed by atoms with E-state index in [0.717, 1.165) is 12.8 Å². The summed E-state index contributed by atoms with van der Waals surface area (Å²) in [6.07, 6.45) is -0.204. The van der Waals surface area contributed by atoms with Gasteiger partial charge in [-0.2, -0.15) is 0 Å². The number of nitrogens with zero attached hydrogens (tertiary/aromatic N) is 1. The van der Waals surface area contributed by atoms with E-state index in [1.807, 2.05) is 4.90 Å². The van der Waals surface area contributed by atoms with E-state index >= 15 is 0 Å². The van der Waals surface area contributed by atoms with Crippen LogP contribution in [-0.4, -0.2) is 75.9 Å². The first-order chi connectivity index (χ1) is 9.86. The number of Topliss-reactive ketones (excluding diaryl/α,β-unsaturated/α-hetero) is 1. The standard InChI is InChI=1S/C14H26N2O5/c1-9(18)5-3-4-6-16-7-11(15-10(2)19)13(20)14(21)12(16)8-17/h11-14,17,20-21H,3-8H2,1-2H3,(H,15,19)/t11?,12?,13?,14-/m0/s1. The van der Waals surface area contributed by atoms with Gasteiger partial charge in [0, 0.05) is 19.9 Å². The van der Waals surface area contributed by atoms with Crippen molar-refractivity contribution in [2.24, 2.45) is 0 Å². The van der Waals surface area contributed by atoms with Gasteiger partial charge in [0.1, 0.15) is 11.9 Å². The van der Waals surface area contributed by atoms with Gasteiger partial charge in [-0.3, -0.25) is 9.69 Å². The molecule has 0 aromatic carbocycles. The highest BCUT2D eigenvalue weighted by Gasteiger charge is 2.41. The van der Waals surface area contributed by atoms with Crippen molar-refractivity contribution in [2.75, 3.05) is 19.7 Å². The monoisotopic (exact) mass is 302 g/mol. The molecule has 4 atom stereocenters. The molecule has 0 aromatic heterocycles. The highest BCUT2D eigenvalue weighted by Crippen LogP contribution is 2.19. The minimum atomic E-state index is -1.12. The summed E-state index contributed by atoms with van der Waals surface area (Å²) < 4.78 is 0. The number of hydrogen-bond donors (Lipinski definition) is 4. The van der Waals surface area contributed by atoms with Gasteiger partial charge in [0.25, 0.3) is 0 Å². The summed E-state index contributed by atoms with van der Waals surface area (Å²) >= 11 is 0. The molecule has 0 aromatic rings. The van der Waals surface area contributed by atoms with Gasteiger partial charge in [-0.05, 0) is 26.3 Å². The number of carbonyl (C=O) groups is 2. The Morgan fingerprint density at radius 3 is 2.38 bits per heavy atom. The van der Waals surface area contributed by atoms with Crippen molar-refractivity contribution in [3.8, 4) is 0 Å². The van der Waals surface area contributed by atoms with Crippen LogP contribution in [-0.2, 0) is 9.59 Å². The lowest BCUT2D eigenvalue weighted by Gasteiger charge is -2.45. The number of unbranched alkanes of at least 4 members (excludes halogenated alkanes) is 1. The number of aliphatic hydroxyl groups is 3. The number of nitrogens with one attached hydrogen (secondary N) is 1. The highest BCUT2D eigenvalue weighted by molar-refractivity contribution is 5.75. The maximum atomic E-state index is 11.1. The minimum Gasteiger partial charge on any atom is -0.395 e. The van der Waals surface area contributed by atoms with Crippen molar-refractivity contribution >= 4 is 11.7 Å². The van der Waals surface area contributed by atoms with Gasteiger partial charge in [0.15, 0.2) is 0 Å². The van der Waals surface area contributed by atoms with Crippen LogP contribution in [0.25, 0.3) is 0 Å². The van der Waals surface area contributed by atoms with Crippen LogP contribution in [0.1, 0.15) is 33.1 Å². The smallest absolute Gasteiger partial charge is 0.217 e. The van der Waals surface area contributed by atoms with E-state index in [9.17, 15) is 24.9 Å². The van der Waals surface area contributed by atoms with Crippen molar-refractivity contribution in [2.45, 2.75) is 57.4 Å². The van der Waals surface area contributed by atoms with Gasteiger partial charge in [0.2, 0.25) is 5.91 Å². The Bertz CT molecular complexity index is 363. The number of rotatable bonds is 7. The summed E-state index contributed by atoms with van der Waals surface area (Å²) in [7, 11) is 0. The number of carbonyl (C=O) groups excluding carboxylic acids is 2. The Balaban J connectivity index is 2.60. The van der Waals surface area contributed by atoms with Crippen LogP contribution in [0.2, 0.25) is 0 Å². The fourth-order valence-corrected chi connectivity index (χ4v) is 2.74. The van der Waals surface area contributed by atoms with E-state index in [4.69, 9.17) is 0 Å². The van der Waals surface area contributed by atoms with Crippen LogP contribution in [0.5, 0.6) is 0 Å². The molecule has 1 amide bonds. The number of amides is 1. The van der Waals surface area contributed by atoms with Gasteiger partial charge in [0.05, 0.1) is 24.8 Å². The predicted molar refractivity (Wildman–Crippen MR) is 76.6 cm³/mol. The van der Waals surface area contributed by atoms with E-state index in [2.05, 4.69) is 5.32 Å². The zero-order chi connectivity index (χ0) is 16.0. The molecule has 0 radical (unpaired) electrons. The van der Waals surface area contributed by atoms with Crippen LogP contribution >= 0.6 is 0 Å². The second kappa shape index (κ2) is 8.43. The van der Waals surface area contributed by atoms with Gasteiger partial charge in [-0.15, -0.1) is 0 Å². The second-order valence-electron chi connectivity index (χ2n) is 5.69. The molecule has 0 aliphatic carbocycles. The summed E-state index contributed by atoms with van der Waals surface area (Å²) in [6, 6.07) is -1.12. The molecule has 0 bridgehead atoms. The highest BCUT2D eigenvalue weighted by atomic mass is 16.3. The average molecular weight is 302 g/mol. The van der Waals surface area contributed by atoms with Gasteiger partial charge >= 0.3 is 0 Å². The van der Waals surface area contributed by atoms with E-state index in [-0.39, 0.29) is 18.3 Å². The molecule has 1 saturated heterocycles. The molecule has 7 nitrogen and oxygen atoms in total. The lowest BCUT2D eigenvalue weighted by Crippen LogP contribution is -2.66. The first-order valence-corrected chi connectivity index (χ1v) is 7.34. The molecule has 1 rings (SSSR count). The molecule has 7 heteroatoms. The predicted octanol–water partition coefficient (Wildman–Crippen LogP) is -1.35.